The van der Waals surface area contributed by atoms with Gasteiger partial charge in [-0.15, -0.1) is 0 Å². The predicted molar refractivity (Wildman–Crippen MR) is 97.8 cm³/mol. The summed E-state index contributed by atoms with van der Waals surface area (Å²) in [6.07, 6.45) is 3.55. The Kier molecular flexibility index (Phi) is 4.69. The minimum Gasteiger partial charge on any atom is -0.451 e. The molecular formula is C20H21N3O3. The Balaban J connectivity index is 1.74. The first-order valence-corrected chi connectivity index (χ1v) is 8.70. The number of hydrogen-bond donors (Lipinski definition) is 1. The molecule has 6 heteroatoms. The van der Waals surface area contributed by atoms with Crippen LogP contribution in [-0.4, -0.2) is 42.5 Å². The molecule has 3 heterocycles. The van der Waals surface area contributed by atoms with Crippen molar-refractivity contribution in [2.45, 2.75) is 12.6 Å². The summed E-state index contributed by atoms with van der Waals surface area (Å²) < 4.78 is 11.3. The standard InChI is InChI=1S/C20H21N3O3/c1-25-13-16-15-6-2-3-7-18(15)26-19(16)20(24)23-10-9-22-12-17(23)14-5-4-8-21-11-14/h2-8,11,17,22H,9-10,12-13H2,1H3. The van der Waals surface area contributed by atoms with Crippen molar-refractivity contribution in [2.75, 3.05) is 26.7 Å². The highest BCUT2D eigenvalue weighted by Crippen LogP contribution is 2.30. The fourth-order valence-corrected chi connectivity index (χ4v) is 3.51. The highest BCUT2D eigenvalue weighted by molar-refractivity contribution is 5.99. The van der Waals surface area contributed by atoms with Crippen molar-refractivity contribution >= 4 is 16.9 Å². The summed E-state index contributed by atoms with van der Waals surface area (Å²) in [4.78, 5) is 19.4. The fourth-order valence-electron chi connectivity index (χ4n) is 3.51. The molecule has 1 N–H and O–H groups in total. The van der Waals surface area contributed by atoms with E-state index in [0.29, 0.717) is 31.0 Å². The zero-order chi connectivity index (χ0) is 17.9. The minimum atomic E-state index is -0.108. The average molecular weight is 351 g/mol. The largest absolute Gasteiger partial charge is 0.451 e. The number of piperazine rings is 1. The van der Waals surface area contributed by atoms with Crippen LogP contribution >= 0.6 is 0 Å². The monoisotopic (exact) mass is 351 g/mol. The summed E-state index contributed by atoms with van der Waals surface area (Å²) in [6, 6.07) is 11.5. The Bertz CT molecular complexity index is 907. The molecule has 6 nitrogen and oxygen atoms in total. The second-order valence-electron chi connectivity index (χ2n) is 6.34. The van der Waals surface area contributed by atoms with Gasteiger partial charge in [-0.2, -0.15) is 0 Å². The van der Waals surface area contributed by atoms with E-state index in [1.807, 2.05) is 47.5 Å². The number of furan rings is 1. The third kappa shape index (κ3) is 2.98. The van der Waals surface area contributed by atoms with Gasteiger partial charge < -0.3 is 19.4 Å². The van der Waals surface area contributed by atoms with E-state index < -0.39 is 0 Å². The fraction of sp³-hybridized carbons (Fsp3) is 0.300. The number of amides is 1. The van der Waals surface area contributed by atoms with E-state index in [9.17, 15) is 4.79 Å². The van der Waals surface area contributed by atoms with E-state index in [1.165, 1.54) is 0 Å². The van der Waals surface area contributed by atoms with Gasteiger partial charge in [-0.05, 0) is 17.7 Å². The van der Waals surface area contributed by atoms with Gasteiger partial charge in [0.15, 0.2) is 5.76 Å². The number of methoxy groups -OCH3 is 1. The van der Waals surface area contributed by atoms with Gasteiger partial charge in [0.1, 0.15) is 5.58 Å². The Morgan fingerprint density at radius 2 is 2.23 bits per heavy atom. The lowest BCUT2D eigenvalue weighted by Gasteiger charge is -2.36. The van der Waals surface area contributed by atoms with Gasteiger partial charge in [-0.3, -0.25) is 9.78 Å². The summed E-state index contributed by atoms with van der Waals surface area (Å²) in [7, 11) is 1.62. The van der Waals surface area contributed by atoms with E-state index >= 15 is 0 Å². The van der Waals surface area contributed by atoms with Crippen LogP contribution in [0.5, 0.6) is 0 Å². The molecular weight excluding hydrogens is 330 g/mol. The first-order valence-electron chi connectivity index (χ1n) is 8.70. The Hall–Kier alpha value is -2.70. The quantitative estimate of drug-likeness (QED) is 0.783. The highest BCUT2D eigenvalue weighted by Gasteiger charge is 2.32. The van der Waals surface area contributed by atoms with Gasteiger partial charge in [0, 0.05) is 50.1 Å². The average Bonchev–Trinajstić information content (AvgIpc) is 3.07. The van der Waals surface area contributed by atoms with E-state index in [1.54, 1.807) is 13.3 Å². The van der Waals surface area contributed by atoms with Gasteiger partial charge in [0.25, 0.3) is 5.91 Å². The molecule has 1 aliphatic rings. The number of hydrogen-bond acceptors (Lipinski definition) is 5. The molecule has 0 aliphatic carbocycles. The van der Waals surface area contributed by atoms with Crippen molar-refractivity contribution in [3.63, 3.8) is 0 Å². The van der Waals surface area contributed by atoms with Gasteiger partial charge in [0.05, 0.1) is 12.6 Å². The molecule has 0 radical (unpaired) electrons. The van der Waals surface area contributed by atoms with Crippen LogP contribution in [0.25, 0.3) is 11.0 Å². The molecule has 1 aromatic carbocycles. The maximum Gasteiger partial charge on any atom is 0.290 e. The van der Waals surface area contributed by atoms with Crippen LogP contribution in [0.3, 0.4) is 0 Å². The predicted octanol–water partition coefficient (Wildman–Crippen LogP) is 2.76. The van der Waals surface area contributed by atoms with Crippen LogP contribution in [0.1, 0.15) is 27.7 Å². The lowest BCUT2D eigenvalue weighted by Crippen LogP contribution is -2.48. The van der Waals surface area contributed by atoms with Crippen molar-refractivity contribution in [3.05, 3.63) is 65.7 Å². The number of ether oxygens (including phenoxy) is 1. The SMILES string of the molecule is COCc1c(C(=O)N2CCNCC2c2cccnc2)oc2ccccc12. The lowest BCUT2D eigenvalue weighted by atomic mass is 10.0. The van der Waals surface area contributed by atoms with Crippen molar-refractivity contribution in [1.82, 2.24) is 15.2 Å². The van der Waals surface area contributed by atoms with Crippen molar-refractivity contribution in [2.24, 2.45) is 0 Å². The second kappa shape index (κ2) is 7.27. The second-order valence-corrected chi connectivity index (χ2v) is 6.34. The Morgan fingerprint density at radius 1 is 1.35 bits per heavy atom. The van der Waals surface area contributed by atoms with Crippen LogP contribution in [0.15, 0.2) is 53.2 Å². The number of benzene rings is 1. The maximum atomic E-state index is 13.4. The smallest absolute Gasteiger partial charge is 0.290 e. The molecule has 0 saturated carbocycles. The topological polar surface area (TPSA) is 67.6 Å². The van der Waals surface area contributed by atoms with E-state index in [0.717, 1.165) is 23.1 Å². The molecule has 1 fully saturated rings. The Morgan fingerprint density at radius 3 is 3.04 bits per heavy atom. The zero-order valence-electron chi connectivity index (χ0n) is 14.6. The normalized spacial score (nSPS) is 17.6. The van der Waals surface area contributed by atoms with Crippen LogP contribution in [0.2, 0.25) is 0 Å². The number of aromatic nitrogens is 1. The van der Waals surface area contributed by atoms with Crippen molar-refractivity contribution < 1.29 is 13.9 Å². The molecule has 4 rings (SSSR count). The van der Waals surface area contributed by atoms with Crippen LogP contribution in [0.4, 0.5) is 0 Å². The summed E-state index contributed by atoms with van der Waals surface area (Å²) in [5, 5.41) is 4.28. The zero-order valence-corrected chi connectivity index (χ0v) is 14.6. The summed E-state index contributed by atoms with van der Waals surface area (Å²) in [5.41, 5.74) is 2.52. The molecule has 3 aromatic rings. The van der Waals surface area contributed by atoms with Crippen LogP contribution < -0.4 is 5.32 Å². The third-order valence-electron chi connectivity index (χ3n) is 4.75. The third-order valence-corrected chi connectivity index (χ3v) is 4.75. The summed E-state index contributed by atoms with van der Waals surface area (Å²) in [5.74, 6) is 0.257. The van der Waals surface area contributed by atoms with Crippen molar-refractivity contribution in [3.8, 4) is 0 Å². The van der Waals surface area contributed by atoms with Crippen LogP contribution in [0, 0.1) is 0 Å². The van der Waals surface area contributed by atoms with E-state index in [-0.39, 0.29) is 11.9 Å². The minimum absolute atomic E-state index is 0.0754. The number of carbonyl (C=O) groups is 1. The number of pyridine rings is 1. The van der Waals surface area contributed by atoms with Gasteiger partial charge in [-0.1, -0.05) is 24.3 Å². The molecule has 1 aliphatic heterocycles. The summed E-state index contributed by atoms with van der Waals surface area (Å²) in [6.45, 7) is 2.39. The molecule has 1 saturated heterocycles. The number of carbonyl (C=O) groups excluding carboxylic acids is 1. The Labute approximate surface area is 151 Å². The van der Waals surface area contributed by atoms with Crippen LogP contribution in [-0.2, 0) is 11.3 Å². The number of fused-ring (bicyclic) bond motifs is 1. The van der Waals surface area contributed by atoms with Gasteiger partial charge in [-0.25, -0.2) is 0 Å². The number of rotatable bonds is 4. The molecule has 0 bridgehead atoms. The number of nitrogens with zero attached hydrogens (tertiary/aromatic N) is 2. The molecule has 2 aromatic heterocycles. The van der Waals surface area contributed by atoms with Crippen molar-refractivity contribution in [1.29, 1.82) is 0 Å². The maximum absolute atomic E-state index is 13.4. The van der Waals surface area contributed by atoms with E-state index in [4.69, 9.17) is 9.15 Å². The number of nitrogens with one attached hydrogen (secondary N) is 1. The summed E-state index contributed by atoms with van der Waals surface area (Å²) >= 11 is 0. The molecule has 1 atom stereocenters. The molecule has 0 spiro atoms. The highest BCUT2D eigenvalue weighted by atomic mass is 16.5. The molecule has 1 unspecified atom stereocenters. The number of para-hydroxylation sites is 1. The first kappa shape index (κ1) is 16.8. The van der Waals surface area contributed by atoms with Gasteiger partial charge in [0.2, 0.25) is 0 Å². The van der Waals surface area contributed by atoms with E-state index in [2.05, 4.69) is 10.3 Å². The first-order chi connectivity index (χ1) is 12.8. The molecule has 134 valence electrons. The molecule has 26 heavy (non-hydrogen) atoms. The van der Waals surface area contributed by atoms with Gasteiger partial charge >= 0.3 is 0 Å². The lowest BCUT2D eigenvalue weighted by molar-refractivity contribution is 0.0597. The molecule has 1 amide bonds.